The number of nitro groups is 1. The smallest absolute Gasteiger partial charge is 0.269 e. The predicted molar refractivity (Wildman–Crippen MR) is 242 cm³/mol. The molecule has 2 atom stereocenters. The van der Waals surface area contributed by atoms with E-state index in [1.807, 2.05) is 0 Å². The van der Waals surface area contributed by atoms with Crippen molar-refractivity contribution in [2.24, 2.45) is 11.7 Å². The quantitative estimate of drug-likeness (QED) is 0.0368. The molecule has 0 aromatic heterocycles. The number of carbonyl (C=O) groups is 6. The zero-order valence-electron chi connectivity index (χ0n) is 36.4. The summed E-state index contributed by atoms with van der Waals surface area (Å²) < 4.78 is 11.6. The molecule has 9 N–H and O–H groups in total. The van der Waals surface area contributed by atoms with Gasteiger partial charge in [-0.1, -0.05) is 18.2 Å². The van der Waals surface area contributed by atoms with Gasteiger partial charge >= 0.3 is 0 Å². The number of phenols is 2. The third kappa shape index (κ3) is 12.0. The Labute approximate surface area is 378 Å². The fraction of sp³-hybridized carbons (Fsp3) is 0.234. The van der Waals surface area contributed by atoms with Gasteiger partial charge in [-0.15, -0.1) is 0 Å². The highest BCUT2D eigenvalue weighted by Gasteiger charge is 2.34. The number of anilines is 3. The number of rotatable bonds is 19. The van der Waals surface area contributed by atoms with E-state index < -0.39 is 70.7 Å². The van der Waals surface area contributed by atoms with Crippen LogP contribution in [0, 0.1) is 23.0 Å². The topological polar surface area (TPSA) is 299 Å². The molecule has 0 fully saturated rings. The SMILES string of the molecule is Cc1ccc(NC(=O)c2ccc(NC(=O)c3ccc(CC(=O)C(NC(=O)c4ccc(NC(=O)c5ccc([N+](=O)[O-])cc5)cc4)C(CO)C(N)=O)cc3)c(OC(C)C)c2O)c(OC(C)C)c1O. The molecule has 0 heterocycles. The number of nitrogens with zero attached hydrogens (tertiary/aromatic N) is 1. The van der Waals surface area contributed by atoms with Crippen LogP contribution in [-0.2, 0) is 16.0 Å². The molecule has 0 spiro atoms. The number of aromatic hydroxyl groups is 2. The molecule has 0 saturated carbocycles. The number of aryl methyl sites for hydroxylation is 1. The summed E-state index contributed by atoms with van der Waals surface area (Å²) in [5.41, 5.74) is 6.74. The molecule has 0 saturated heterocycles. The Hall–Kier alpha value is -8.32. The summed E-state index contributed by atoms with van der Waals surface area (Å²) in [5, 5.41) is 53.2. The maximum absolute atomic E-state index is 13.7. The summed E-state index contributed by atoms with van der Waals surface area (Å²) in [7, 11) is 0. The zero-order valence-corrected chi connectivity index (χ0v) is 36.4. The van der Waals surface area contributed by atoms with E-state index in [0.717, 1.165) is 0 Å². The van der Waals surface area contributed by atoms with Gasteiger partial charge in [-0.3, -0.25) is 38.9 Å². The highest BCUT2D eigenvalue weighted by Crippen LogP contribution is 2.41. The summed E-state index contributed by atoms with van der Waals surface area (Å²) >= 11 is 0. The minimum atomic E-state index is -1.57. The number of carbonyl (C=O) groups excluding carboxylic acids is 6. The molecular weight excluding hydrogens is 857 g/mol. The number of hydrogen-bond acceptors (Lipinski definition) is 13. The van der Waals surface area contributed by atoms with E-state index in [-0.39, 0.29) is 74.8 Å². The molecule has 66 heavy (non-hydrogen) atoms. The third-order valence-corrected chi connectivity index (χ3v) is 9.85. The summed E-state index contributed by atoms with van der Waals surface area (Å²) in [6.45, 7) is 7.68. The number of phenolic OH excluding ortho intramolecular Hbond substituents is 2. The Morgan fingerprint density at radius 2 is 1.14 bits per heavy atom. The number of benzene rings is 5. The minimum Gasteiger partial charge on any atom is -0.504 e. The number of nitro benzene ring substituents is 1. The van der Waals surface area contributed by atoms with E-state index in [4.69, 9.17) is 15.2 Å². The first-order valence-electron chi connectivity index (χ1n) is 20.4. The van der Waals surface area contributed by atoms with Crippen molar-refractivity contribution in [3.63, 3.8) is 0 Å². The van der Waals surface area contributed by atoms with Crippen molar-refractivity contribution in [2.75, 3.05) is 22.6 Å². The number of ether oxygens (including phenoxy) is 2. The fourth-order valence-electron chi connectivity index (χ4n) is 6.43. The van der Waals surface area contributed by atoms with Gasteiger partial charge in [0.25, 0.3) is 29.3 Å². The second-order valence-electron chi connectivity index (χ2n) is 15.5. The summed E-state index contributed by atoms with van der Waals surface area (Å²) in [6.07, 6.45) is -1.20. The molecule has 2 unspecified atom stereocenters. The number of Topliss-reactive ketones (excluding diaryl/α,β-unsaturated/α-hetero) is 1. The number of nitrogens with two attached hydrogens (primary N) is 1. The minimum absolute atomic E-state index is 0.0278. The number of ketones is 1. The Morgan fingerprint density at radius 3 is 1.67 bits per heavy atom. The lowest BCUT2D eigenvalue weighted by Gasteiger charge is -2.23. The van der Waals surface area contributed by atoms with Crippen LogP contribution in [0.15, 0.2) is 97.1 Å². The van der Waals surface area contributed by atoms with Gasteiger partial charge in [-0.2, -0.15) is 0 Å². The molecule has 344 valence electrons. The Morgan fingerprint density at radius 1 is 0.652 bits per heavy atom. The van der Waals surface area contributed by atoms with Crippen molar-refractivity contribution in [3.05, 3.63) is 141 Å². The highest BCUT2D eigenvalue weighted by atomic mass is 16.6. The van der Waals surface area contributed by atoms with Crippen molar-refractivity contribution in [1.82, 2.24) is 5.32 Å². The zero-order chi connectivity index (χ0) is 48.4. The average Bonchev–Trinajstić information content (AvgIpc) is 3.27. The van der Waals surface area contributed by atoms with Gasteiger partial charge in [0.05, 0.1) is 46.6 Å². The van der Waals surface area contributed by atoms with E-state index in [1.54, 1.807) is 46.8 Å². The van der Waals surface area contributed by atoms with E-state index in [9.17, 15) is 54.2 Å². The van der Waals surface area contributed by atoms with Gasteiger partial charge < -0.3 is 51.8 Å². The first kappa shape index (κ1) is 48.7. The summed E-state index contributed by atoms with van der Waals surface area (Å²) in [5.74, 6) is -6.90. The molecule has 0 bridgehead atoms. The molecule has 5 aromatic rings. The molecule has 5 aromatic carbocycles. The first-order valence-corrected chi connectivity index (χ1v) is 20.4. The molecule has 0 radical (unpaired) electrons. The maximum atomic E-state index is 13.7. The number of aliphatic hydroxyl groups excluding tert-OH is 1. The first-order chi connectivity index (χ1) is 31.3. The van der Waals surface area contributed by atoms with Gasteiger partial charge in [-0.25, -0.2) is 0 Å². The van der Waals surface area contributed by atoms with Gasteiger partial charge in [-0.05, 0) is 112 Å². The fourth-order valence-corrected chi connectivity index (χ4v) is 6.43. The largest absolute Gasteiger partial charge is 0.504 e. The van der Waals surface area contributed by atoms with Crippen LogP contribution in [0.25, 0.3) is 0 Å². The molecule has 5 amide bonds. The molecule has 19 heteroatoms. The van der Waals surface area contributed by atoms with Crippen LogP contribution >= 0.6 is 0 Å². The average molecular weight is 905 g/mol. The van der Waals surface area contributed by atoms with Crippen molar-refractivity contribution >= 4 is 58.1 Å². The molecule has 5 rings (SSSR count). The van der Waals surface area contributed by atoms with Crippen LogP contribution in [0.5, 0.6) is 23.0 Å². The standard InChI is InChI=1S/C47H48N6O13/c1-24(2)65-41-35(20-6-26(5)39(41)56)51-47(62)33-19-21-36(42(40(33)57)66-25(3)4)50-45(60)28-9-7-27(8-10-28)22-37(55)38(34(23-54)43(48)58)52-46(61)29-11-15-31(16-12-29)49-44(59)30-13-17-32(18-14-30)53(63)64/h6-21,24-25,34,38,54,56-57H,22-23H2,1-5H3,(H2,48,58)(H,49,59)(H,50,60)(H,51,62)(H,52,61). The summed E-state index contributed by atoms with van der Waals surface area (Å²) in [4.78, 5) is 89.2. The number of non-ortho nitro benzene ring substituents is 1. The highest BCUT2D eigenvalue weighted by molar-refractivity contribution is 6.10. The van der Waals surface area contributed by atoms with Gasteiger partial charge in [0.15, 0.2) is 28.8 Å². The molecule has 19 nitrogen and oxygen atoms in total. The van der Waals surface area contributed by atoms with Crippen molar-refractivity contribution in [3.8, 4) is 23.0 Å². The lowest BCUT2D eigenvalue weighted by molar-refractivity contribution is -0.384. The summed E-state index contributed by atoms with van der Waals surface area (Å²) in [6, 6.07) is 20.4. The van der Waals surface area contributed by atoms with Crippen LogP contribution in [0.2, 0.25) is 0 Å². The van der Waals surface area contributed by atoms with Crippen molar-refractivity contribution in [2.45, 2.75) is 59.3 Å². The van der Waals surface area contributed by atoms with E-state index in [1.165, 1.54) is 84.9 Å². The van der Waals surface area contributed by atoms with Crippen LogP contribution < -0.4 is 36.5 Å². The molecule has 0 aliphatic heterocycles. The lowest BCUT2D eigenvalue weighted by atomic mass is 9.91. The van der Waals surface area contributed by atoms with E-state index >= 15 is 0 Å². The lowest BCUT2D eigenvalue weighted by Crippen LogP contribution is -2.52. The molecule has 0 aliphatic carbocycles. The van der Waals surface area contributed by atoms with E-state index in [2.05, 4.69) is 21.3 Å². The normalized spacial score (nSPS) is 11.8. The van der Waals surface area contributed by atoms with Crippen LogP contribution in [0.4, 0.5) is 22.7 Å². The van der Waals surface area contributed by atoms with Crippen molar-refractivity contribution < 1.29 is 58.5 Å². The third-order valence-electron chi connectivity index (χ3n) is 9.85. The van der Waals surface area contributed by atoms with Crippen LogP contribution in [0.3, 0.4) is 0 Å². The van der Waals surface area contributed by atoms with Crippen LogP contribution in [0.1, 0.15) is 80.3 Å². The Balaban J connectivity index is 1.27. The monoisotopic (exact) mass is 904 g/mol. The second kappa shape index (κ2) is 21.4. The number of primary amides is 1. The van der Waals surface area contributed by atoms with Gasteiger partial charge in [0, 0.05) is 40.9 Å². The van der Waals surface area contributed by atoms with Crippen LogP contribution in [-0.4, -0.2) is 80.4 Å². The van der Waals surface area contributed by atoms with Gasteiger partial charge in [0.1, 0.15) is 6.04 Å². The number of amides is 5. The van der Waals surface area contributed by atoms with Crippen molar-refractivity contribution in [1.29, 1.82) is 0 Å². The number of hydrogen-bond donors (Lipinski definition) is 8. The molecular formula is C47H48N6O13. The maximum Gasteiger partial charge on any atom is 0.269 e. The van der Waals surface area contributed by atoms with Gasteiger partial charge in [0.2, 0.25) is 5.91 Å². The molecule has 0 aliphatic rings. The number of nitrogens with one attached hydrogen (secondary N) is 4. The number of aliphatic hydroxyl groups is 1. The second-order valence-corrected chi connectivity index (χ2v) is 15.5. The Bertz CT molecular complexity index is 2650. The predicted octanol–water partition coefficient (Wildman–Crippen LogP) is 5.65. The Kier molecular flexibility index (Phi) is 15.8. The van der Waals surface area contributed by atoms with E-state index in [0.29, 0.717) is 11.1 Å².